The van der Waals surface area contributed by atoms with Crippen LogP contribution < -0.4 is 0 Å². The van der Waals surface area contributed by atoms with Gasteiger partial charge in [-0.3, -0.25) is 9.69 Å². The Labute approximate surface area is 239 Å². The molecule has 3 aromatic rings. The molecule has 1 unspecified atom stereocenters. The van der Waals surface area contributed by atoms with Crippen molar-refractivity contribution in [1.29, 1.82) is 0 Å². The number of carboxylic acid groups (broad SMARTS) is 1. The number of fused-ring (bicyclic) bond motifs is 1. The van der Waals surface area contributed by atoms with Gasteiger partial charge in [-0.15, -0.1) is 12.4 Å². The third-order valence-electron chi connectivity index (χ3n) is 8.02. The molecule has 7 nitrogen and oxygen atoms in total. The summed E-state index contributed by atoms with van der Waals surface area (Å²) in [6.45, 7) is 7.36. The summed E-state index contributed by atoms with van der Waals surface area (Å²) in [7, 11) is 0. The first-order valence-corrected chi connectivity index (χ1v) is 13.8. The minimum Gasteiger partial charge on any atom is -0.481 e. The quantitative estimate of drug-likeness (QED) is 0.325. The molecule has 1 aromatic carbocycles. The molecule has 4 atom stereocenters. The smallest absolute Gasteiger partial charge is 0.303 e. The van der Waals surface area contributed by atoms with Crippen LogP contribution in [0.1, 0.15) is 75.4 Å². The van der Waals surface area contributed by atoms with Gasteiger partial charge >= 0.3 is 5.97 Å². The summed E-state index contributed by atoms with van der Waals surface area (Å²) in [6.07, 6.45) is 9.24. The van der Waals surface area contributed by atoms with Gasteiger partial charge in [0, 0.05) is 28.5 Å². The minimum absolute atomic E-state index is 0. The number of hydrogen-bond donors (Lipinski definition) is 1. The molecule has 1 aliphatic heterocycles. The molecule has 2 aromatic heterocycles. The Bertz CT molecular complexity index is 1360. The zero-order valence-corrected chi connectivity index (χ0v) is 24.2. The standard InChI is InChI=1S/C28H33Cl2N5O2.ClH/c1-16-13-19(6-10-25(16)34-12-4-5-21(34)8-11-26(36)37)24-15-31-27-17(2)33-35(28(27)32-24)18(3)22-9-7-20(29)14-23(22)30;/h6-7,9,14-16,18,21,25H,4-5,8,10-13H2,1-3H3,(H,36,37);1H/t16-,18-,21?,25+;/m1./s1. The van der Waals surface area contributed by atoms with E-state index in [9.17, 15) is 4.79 Å². The van der Waals surface area contributed by atoms with Gasteiger partial charge in [-0.1, -0.05) is 42.3 Å². The topological polar surface area (TPSA) is 84.1 Å². The van der Waals surface area contributed by atoms with Crippen molar-refractivity contribution in [2.24, 2.45) is 5.92 Å². The summed E-state index contributed by atoms with van der Waals surface area (Å²) in [4.78, 5) is 23.5. The molecular weight excluding hydrogens is 545 g/mol. The third-order valence-corrected chi connectivity index (χ3v) is 8.59. The van der Waals surface area contributed by atoms with Crippen LogP contribution >= 0.6 is 35.6 Å². The Morgan fingerprint density at radius 1 is 1.29 bits per heavy atom. The molecule has 0 spiro atoms. The van der Waals surface area contributed by atoms with Gasteiger partial charge in [-0.05, 0) is 81.7 Å². The van der Waals surface area contributed by atoms with E-state index in [1.807, 2.05) is 29.9 Å². The SMILES string of the molecule is Cc1nn([C@H](C)c2ccc(Cl)cc2Cl)c2nc(C3=CC[C@H](N4CCCC4CCC(=O)O)[C@H](C)C3)cnc12.Cl. The van der Waals surface area contributed by atoms with Crippen molar-refractivity contribution in [3.05, 3.63) is 57.5 Å². The van der Waals surface area contributed by atoms with Crippen molar-refractivity contribution >= 4 is 58.3 Å². The van der Waals surface area contributed by atoms with E-state index in [2.05, 4.69) is 24.8 Å². The number of benzene rings is 1. The van der Waals surface area contributed by atoms with Crippen molar-refractivity contribution in [2.75, 3.05) is 6.54 Å². The molecule has 5 rings (SSSR count). The van der Waals surface area contributed by atoms with Gasteiger partial charge in [-0.25, -0.2) is 14.6 Å². The second kappa shape index (κ2) is 11.9. The maximum Gasteiger partial charge on any atom is 0.303 e. The van der Waals surface area contributed by atoms with Crippen molar-refractivity contribution < 1.29 is 9.90 Å². The minimum atomic E-state index is -0.707. The second-order valence-electron chi connectivity index (χ2n) is 10.5. The Hall–Kier alpha value is -2.19. The van der Waals surface area contributed by atoms with Crippen LogP contribution in [0.15, 0.2) is 30.5 Å². The summed E-state index contributed by atoms with van der Waals surface area (Å²) in [5, 5.41) is 15.1. The lowest BCUT2D eigenvalue weighted by Gasteiger charge is -2.39. The van der Waals surface area contributed by atoms with Gasteiger partial charge < -0.3 is 5.11 Å². The Morgan fingerprint density at radius 3 is 2.79 bits per heavy atom. The lowest BCUT2D eigenvalue weighted by Crippen LogP contribution is -2.44. The zero-order chi connectivity index (χ0) is 26.3. The number of carbonyl (C=O) groups is 1. The fourth-order valence-electron chi connectivity index (χ4n) is 6.08. The molecule has 0 amide bonds. The molecule has 10 heteroatoms. The van der Waals surface area contributed by atoms with Crippen LogP contribution in [-0.4, -0.2) is 54.4 Å². The zero-order valence-electron chi connectivity index (χ0n) is 21.9. The number of carboxylic acids is 1. The number of rotatable bonds is 7. The average Bonchev–Trinajstić information content (AvgIpc) is 3.46. The molecular formula is C28H34Cl3N5O2. The molecule has 2 aliphatic rings. The lowest BCUT2D eigenvalue weighted by molar-refractivity contribution is -0.137. The van der Waals surface area contributed by atoms with E-state index in [0.29, 0.717) is 28.0 Å². The molecule has 1 aliphatic carbocycles. The van der Waals surface area contributed by atoms with Crippen molar-refractivity contribution in [2.45, 2.75) is 77.4 Å². The van der Waals surface area contributed by atoms with Crippen molar-refractivity contribution in [3.8, 4) is 0 Å². The molecule has 204 valence electrons. The van der Waals surface area contributed by atoms with Crippen LogP contribution in [-0.2, 0) is 4.79 Å². The van der Waals surface area contributed by atoms with Crippen LogP contribution in [0.5, 0.6) is 0 Å². The Morgan fingerprint density at radius 2 is 2.08 bits per heavy atom. The normalized spacial score (nSPS) is 22.8. The van der Waals surface area contributed by atoms with E-state index in [1.54, 1.807) is 6.07 Å². The molecule has 1 N–H and O–H groups in total. The summed E-state index contributed by atoms with van der Waals surface area (Å²) in [6, 6.07) is 6.19. The van der Waals surface area contributed by atoms with Crippen LogP contribution in [0.4, 0.5) is 0 Å². The number of aromatic nitrogens is 4. The summed E-state index contributed by atoms with van der Waals surface area (Å²) < 4.78 is 1.91. The second-order valence-corrected chi connectivity index (χ2v) is 11.3. The molecule has 1 saturated heterocycles. The average molecular weight is 579 g/mol. The van der Waals surface area contributed by atoms with E-state index in [0.717, 1.165) is 66.8 Å². The van der Waals surface area contributed by atoms with Gasteiger partial charge in [-0.2, -0.15) is 5.10 Å². The van der Waals surface area contributed by atoms with Crippen molar-refractivity contribution in [1.82, 2.24) is 24.6 Å². The highest BCUT2D eigenvalue weighted by atomic mass is 35.5. The highest BCUT2D eigenvalue weighted by molar-refractivity contribution is 6.35. The number of allylic oxidation sites excluding steroid dienone is 1. The molecule has 0 saturated carbocycles. The Balaban J connectivity index is 0.00000336. The lowest BCUT2D eigenvalue weighted by atomic mass is 9.83. The molecule has 38 heavy (non-hydrogen) atoms. The van der Waals surface area contributed by atoms with E-state index in [4.69, 9.17) is 43.4 Å². The van der Waals surface area contributed by atoms with Crippen LogP contribution in [0, 0.1) is 12.8 Å². The van der Waals surface area contributed by atoms with Crippen LogP contribution in [0.25, 0.3) is 16.7 Å². The number of nitrogens with zero attached hydrogens (tertiary/aromatic N) is 5. The van der Waals surface area contributed by atoms with E-state index < -0.39 is 5.97 Å². The third kappa shape index (κ3) is 5.71. The fourth-order valence-corrected chi connectivity index (χ4v) is 6.64. The summed E-state index contributed by atoms with van der Waals surface area (Å²) in [5.74, 6) is -0.261. The molecule has 3 heterocycles. The molecule has 1 fully saturated rings. The van der Waals surface area contributed by atoms with Crippen LogP contribution in [0.3, 0.4) is 0 Å². The largest absolute Gasteiger partial charge is 0.481 e. The van der Waals surface area contributed by atoms with Crippen molar-refractivity contribution in [3.63, 3.8) is 0 Å². The first-order chi connectivity index (χ1) is 17.7. The number of likely N-dealkylation sites (tertiary alicyclic amines) is 1. The van der Waals surface area contributed by atoms with Crippen LogP contribution in [0.2, 0.25) is 10.0 Å². The maximum atomic E-state index is 11.1. The first-order valence-electron chi connectivity index (χ1n) is 13.1. The number of aliphatic carboxylic acids is 1. The van der Waals surface area contributed by atoms with Gasteiger partial charge in [0.2, 0.25) is 0 Å². The first kappa shape index (κ1) is 28.8. The number of aryl methyl sites for hydroxylation is 1. The summed E-state index contributed by atoms with van der Waals surface area (Å²) in [5.41, 5.74) is 5.40. The van der Waals surface area contributed by atoms with E-state index in [-0.39, 0.29) is 24.9 Å². The predicted molar refractivity (Wildman–Crippen MR) is 154 cm³/mol. The number of halogens is 3. The maximum absolute atomic E-state index is 11.1. The highest BCUT2D eigenvalue weighted by Gasteiger charge is 2.35. The summed E-state index contributed by atoms with van der Waals surface area (Å²) >= 11 is 12.6. The molecule has 0 bridgehead atoms. The van der Waals surface area contributed by atoms with Gasteiger partial charge in [0.1, 0.15) is 5.52 Å². The van der Waals surface area contributed by atoms with E-state index in [1.165, 1.54) is 5.57 Å². The van der Waals surface area contributed by atoms with Gasteiger partial charge in [0.05, 0.1) is 23.6 Å². The van der Waals surface area contributed by atoms with Gasteiger partial charge in [0.25, 0.3) is 0 Å². The Kier molecular flexibility index (Phi) is 9.03. The number of hydrogen-bond acceptors (Lipinski definition) is 5. The highest BCUT2D eigenvalue weighted by Crippen LogP contribution is 2.37. The van der Waals surface area contributed by atoms with E-state index >= 15 is 0 Å². The van der Waals surface area contributed by atoms with Gasteiger partial charge in [0.15, 0.2) is 5.65 Å². The monoisotopic (exact) mass is 577 g/mol. The molecule has 0 radical (unpaired) electrons. The predicted octanol–water partition coefficient (Wildman–Crippen LogP) is 6.98. The fraction of sp³-hybridized carbons (Fsp3) is 0.500.